The molecule has 5 heteroatoms. The van der Waals surface area contributed by atoms with Crippen molar-refractivity contribution < 1.29 is 14.7 Å². The minimum absolute atomic E-state index is 0.0415. The predicted octanol–water partition coefficient (Wildman–Crippen LogP) is 2.59. The molecule has 0 bridgehead atoms. The van der Waals surface area contributed by atoms with Crippen LogP contribution in [0.3, 0.4) is 0 Å². The van der Waals surface area contributed by atoms with Crippen LogP contribution < -0.4 is 0 Å². The second kappa shape index (κ2) is 7.14. The Labute approximate surface area is 118 Å². The fraction of sp³-hybridized carbons (Fsp3) is 0.429. The van der Waals surface area contributed by atoms with E-state index in [0.717, 1.165) is 5.56 Å². The third kappa shape index (κ3) is 4.91. The van der Waals surface area contributed by atoms with Gasteiger partial charge in [-0.15, -0.1) is 0 Å². The second-order valence-electron chi connectivity index (χ2n) is 4.43. The highest BCUT2D eigenvalue weighted by Crippen LogP contribution is 2.12. The number of benzene rings is 1. The SMILES string of the molecule is CCN(C(=O)Cc1ccc(Cl)cc1)C(C)CC(=O)O. The van der Waals surface area contributed by atoms with E-state index < -0.39 is 5.97 Å². The average molecular weight is 284 g/mol. The fourth-order valence-corrected chi connectivity index (χ4v) is 2.10. The van der Waals surface area contributed by atoms with Crippen LogP contribution in [0.15, 0.2) is 24.3 Å². The lowest BCUT2D eigenvalue weighted by Gasteiger charge is -2.27. The number of nitrogens with zero attached hydrogens (tertiary/aromatic N) is 1. The van der Waals surface area contributed by atoms with Crippen molar-refractivity contribution in [3.05, 3.63) is 34.9 Å². The number of rotatable bonds is 6. The number of carbonyl (C=O) groups is 2. The number of aliphatic carboxylic acids is 1. The van der Waals surface area contributed by atoms with Gasteiger partial charge in [-0.25, -0.2) is 0 Å². The van der Waals surface area contributed by atoms with Gasteiger partial charge in [0.25, 0.3) is 0 Å². The Morgan fingerprint density at radius 2 is 1.89 bits per heavy atom. The summed E-state index contributed by atoms with van der Waals surface area (Å²) in [5, 5.41) is 9.41. The van der Waals surface area contributed by atoms with E-state index in [9.17, 15) is 9.59 Å². The van der Waals surface area contributed by atoms with Gasteiger partial charge < -0.3 is 10.0 Å². The molecule has 1 amide bonds. The molecule has 0 fully saturated rings. The first-order valence-corrected chi connectivity index (χ1v) is 6.57. The molecular weight excluding hydrogens is 266 g/mol. The number of hydrogen-bond acceptors (Lipinski definition) is 2. The normalized spacial score (nSPS) is 11.9. The van der Waals surface area contributed by atoms with E-state index in [-0.39, 0.29) is 24.8 Å². The van der Waals surface area contributed by atoms with Gasteiger partial charge in [-0.1, -0.05) is 23.7 Å². The van der Waals surface area contributed by atoms with E-state index in [2.05, 4.69) is 0 Å². The lowest BCUT2D eigenvalue weighted by Crippen LogP contribution is -2.40. The Hall–Kier alpha value is -1.55. The number of likely N-dealkylation sites (N-methyl/N-ethyl adjacent to an activating group) is 1. The molecule has 0 aliphatic carbocycles. The number of carboxylic acid groups (broad SMARTS) is 1. The Morgan fingerprint density at radius 1 is 1.32 bits per heavy atom. The molecule has 4 nitrogen and oxygen atoms in total. The molecule has 0 saturated carbocycles. The highest BCUT2D eigenvalue weighted by molar-refractivity contribution is 6.30. The van der Waals surface area contributed by atoms with E-state index in [0.29, 0.717) is 11.6 Å². The van der Waals surface area contributed by atoms with Crippen molar-refractivity contribution in [2.24, 2.45) is 0 Å². The van der Waals surface area contributed by atoms with E-state index in [1.165, 1.54) is 0 Å². The maximum Gasteiger partial charge on any atom is 0.305 e. The van der Waals surface area contributed by atoms with Crippen LogP contribution in [0.4, 0.5) is 0 Å². The summed E-state index contributed by atoms with van der Waals surface area (Å²) >= 11 is 5.79. The largest absolute Gasteiger partial charge is 0.481 e. The molecule has 19 heavy (non-hydrogen) atoms. The predicted molar refractivity (Wildman–Crippen MR) is 74.3 cm³/mol. The van der Waals surface area contributed by atoms with Gasteiger partial charge in [0.05, 0.1) is 12.8 Å². The molecule has 104 valence electrons. The first-order valence-electron chi connectivity index (χ1n) is 6.19. The Bertz CT molecular complexity index is 445. The molecule has 0 aliphatic heterocycles. The lowest BCUT2D eigenvalue weighted by molar-refractivity contribution is -0.140. The second-order valence-corrected chi connectivity index (χ2v) is 4.87. The van der Waals surface area contributed by atoms with Gasteiger partial charge in [-0.2, -0.15) is 0 Å². The molecule has 0 radical (unpaired) electrons. The molecular formula is C14H18ClNO3. The zero-order valence-electron chi connectivity index (χ0n) is 11.1. The Morgan fingerprint density at radius 3 is 2.37 bits per heavy atom. The van der Waals surface area contributed by atoms with Crippen molar-refractivity contribution in [1.82, 2.24) is 4.90 Å². The highest BCUT2D eigenvalue weighted by Gasteiger charge is 2.20. The van der Waals surface area contributed by atoms with E-state index >= 15 is 0 Å². The number of amides is 1. The van der Waals surface area contributed by atoms with E-state index in [1.54, 1.807) is 36.1 Å². The van der Waals surface area contributed by atoms with Gasteiger partial charge in [0, 0.05) is 17.6 Å². The number of hydrogen-bond donors (Lipinski definition) is 1. The standard InChI is InChI=1S/C14H18ClNO3/c1-3-16(10(2)8-14(18)19)13(17)9-11-4-6-12(15)7-5-11/h4-7,10H,3,8-9H2,1-2H3,(H,18,19). The van der Waals surface area contributed by atoms with E-state index in [4.69, 9.17) is 16.7 Å². The summed E-state index contributed by atoms with van der Waals surface area (Å²) in [5.74, 6) is -0.969. The van der Waals surface area contributed by atoms with Crippen molar-refractivity contribution in [1.29, 1.82) is 0 Å². The fourth-order valence-electron chi connectivity index (χ4n) is 1.98. The number of carbonyl (C=O) groups excluding carboxylic acids is 1. The molecule has 0 aromatic heterocycles. The van der Waals surface area contributed by atoms with Gasteiger partial charge in [-0.3, -0.25) is 9.59 Å². The molecule has 1 aromatic rings. The smallest absolute Gasteiger partial charge is 0.305 e. The lowest BCUT2D eigenvalue weighted by atomic mass is 10.1. The van der Waals surface area contributed by atoms with Crippen LogP contribution in [0.2, 0.25) is 5.02 Å². The van der Waals surface area contributed by atoms with Crippen molar-refractivity contribution in [3.8, 4) is 0 Å². The minimum atomic E-state index is -0.898. The van der Waals surface area contributed by atoms with Crippen LogP contribution in [0.5, 0.6) is 0 Å². The molecule has 1 atom stereocenters. The summed E-state index contributed by atoms with van der Waals surface area (Å²) < 4.78 is 0. The average Bonchev–Trinajstić information content (AvgIpc) is 2.32. The first-order chi connectivity index (χ1) is 8.93. The molecule has 1 aromatic carbocycles. The quantitative estimate of drug-likeness (QED) is 0.873. The van der Waals surface area contributed by atoms with E-state index in [1.807, 2.05) is 6.92 Å². The van der Waals surface area contributed by atoms with Gasteiger partial charge in [-0.05, 0) is 31.5 Å². The summed E-state index contributed by atoms with van der Waals surface area (Å²) in [6, 6.07) is 6.77. The van der Waals surface area contributed by atoms with Crippen LogP contribution in [0, 0.1) is 0 Å². The molecule has 1 N–H and O–H groups in total. The molecule has 1 rings (SSSR count). The summed E-state index contributed by atoms with van der Waals surface area (Å²) in [7, 11) is 0. The Kier molecular flexibility index (Phi) is 5.83. The monoisotopic (exact) mass is 283 g/mol. The first kappa shape index (κ1) is 15.5. The van der Waals surface area contributed by atoms with Gasteiger partial charge in [0.15, 0.2) is 0 Å². The van der Waals surface area contributed by atoms with Crippen LogP contribution >= 0.6 is 11.6 Å². The third-order valence-corrected chi connectivity index (χ3v) is 3.18. The third-order valence-electron chi connectivity index (χ3n) is 2.93. The zero-order chi connectivity index (χ0) is 14.4. The number of halogens is 1. The highest BCUT2D eigenvalue weighted by atomic mass is 35.5. The molecule has 0 heterocycles. The molecule has 0 spiro atoms. The van der Waals surface area contributed by atoms with Crippen LogP contribution in [0.1, 0.15) is 25.8 Å². The summed E-state index contributed by atoms with van der Waals surface area (Å²) in [6.45, 7) is 4.09. The van der Waals surface area contributed by atoms with Crippen molar-refractivity contribution >= 4 is 23.5 Å². The molecule has 0 saturated heterocycles. The Balaban J connectivity index is 2.68. The maximum absolute atomic E-state index is 12.2. The van der Waals surface area contributed by atoms with Crippen molar-refractivity contribution in [2.75, 3.05) is 6.54 Å². The number of carboxylic acids is 1. The minimum Gasteiger partial charge on any atom is -0.481 e. The van der Waals surface area contributed by atoms with Gasteiger partial charge >= 0.3 is 5.97 Å². The van der Waals surface area contributed by atoms with Gasteiger partial charge in [0.1, 0.15) is 0 Å². The summed E-state index contributed by atoms with van der Waals surface area (Å²) in [4.78, 5) is 24.4. The van der Waals surface area contributed by atoms with Crippen LogP contribution in [-0.4, -0.2) is 34.5 Å². The van der Waals surface area contributed by atoms with Crippen molar-refractivity contribution in [3.63, 3.8) is 0 Å². The maximum atomic E-state index is 12.2. The molecule has 0 aliphatic rings. The molecule has 1 unspecified atom stereocenters. The summed E-state index contributed by atoms with van der Waals surface area (Å²) in [6.07, 6.45) is 0.217. The summed E-state index contributed by atoms with van der Waals surface area (Å²) in [5.41, 5.74) is 0.871. The van der Waals surface area contributed by atoms with Gasteiger partial charge in [0.2, 0.25) is 5.91 Å². The zero-order valence-corrected chi connectivity index (χ0v) is 11.9. The topological polar surface area (TPSA) is 57.6 Å². The van der Waals surface area contributed by atoms with Crippen LogP contribution in [-0.2, 0) is 16.0 Å². The van der Waals surface area contributed by atoms with Crippen LogP contribution in [0.25, 0.3) is 0 Å². The van der Waals surface area contributed by atoms with Crippen molar-refractivity contribution in [2.45, 2.75) is 32.7 Å².